The summed E-state index contributed by atoms with van der Waals surface area (Å²) in [6.45, 7) is 17.9. The molecule has 99 heavy (non-hydrogen) atoms. The van der Waals surface area contributed by atoms with Crippen LogP contribution in [0.1, 0.15) is 132 Å². The number of imide groups is 1. The van der Waals surface area contributed by atoms with E-state index in [1.165, 1.54) is 44.4 Å². The third-order valence-corrected chi connectivity index (χ3v) is 18.3. The number of anilines is 1. The van der Waals surface area contributed by atoms with Crippen LogP contribution in [0.3, 0.4) is 0 Å². The van der Waals surface area contributed by atoms with Crippen LogP contribution in [-0.4, -0.2) is 237 Å². The maximum Gasteiger partial charge on any atom is 0.410 e. The molecule has 1 aliphatic carbocycles. The highest BCUT2D eigenvalue weighted by Gasteiger charge is 2.48. The number of carboxylic acid groups (broad SMARTS) is 1. The summed E-state index contributed by atoms with van der Waals surface area (Å²) in [7, 11) is 5.88. The van der Waals surface area contributed by atoms with Crippen molar-refractivity contribution < 1.29 is 102 Å². The van der Waals surface area contributed by atoms with Crippen LogP contribution >= 0.6 is 0 Å². The summed E-state index contributed by atoms with van der Waals surface area (Å²) in [6.07, 6.45) is -8.96. The number of aliphatic hydroxyl groups excluding tert-OH is 4. The van der Waals surface area contributed by atoms with Gasteiger partial charge in [0.25, 0.3) is 11.8 Å². The molecule has 10 amide bonds. The molecule has 0 radical (unpaired) electrons. The lowest BCUT2D eigenvalue weighted by Gasteiger charge is -2.41. The van der Waals surface area contributed by atoms with E-state index in [9.17, 15) is 78.3 Å². The number of nitrogens with one attached hydrogen (secondary N) is 5. The molecule has 0 bridgehead atoms. The smallest absolute Gasteiger partial charge is 0.410 e. The van der Waals surface area contributed by atoms with Crippen molar-refractivity contribution in [2.45, 2.75) is 206 Å². The van der Waals surface area contributed by atoms with Crippen molar-refractivity contribution in [3.05, 3.63) is 71.8 Å². The quantitative estimate of drug-likeness (QED) is 0.0459. The van der Waals surface area contributed by atoms with E-state index in [1.807, 2.05) is 19.9 Å². The fourth-order valence-electron chi connectivity index (χ4n) is 12.7. The number of likely N-dealkylation sites (N-methyl/N-ethyl adjacent to an activating group) is 2. The zero-order valence-corrected chi connectivity index (χ0v) is 59.3. The highest BCUT2D eigenvalue weighted by Crippen LogP contribution is 2.35. The second kappa shape index (κ2) is 36.7. The molecular weight excluding hydrogens is 1290 g/mol. The molecule has 1 saturated heterocycles. The zero-order valence-electron chi connectivity index (χ0n) is 59.3. The summed E-state index contributed by atoms with van der Waals surface area (Å²) in [6, 6.07) is 7.23. The van der Waals surface area contributed by atoms with E-state index in [2.05, 4.69) is 26.6 Å². The SMILES string of the molecule is CC[C@H](C)[C@@H]([C@@H](CC(=O)N1CCC[C@H]1[C@H](OC)[C@@H](C)C(=O)N[C@H](C)[C@@H](O)c1ccccc1)OC)N(C)C(=O)C(NC(=O)[C@H](C(C)C)N(C)C(=O)OCc1ccc(O[C@@H]2C[C@H](C(=O)O)[C@@H](O)[C@H](O)[C@H]2O)c(NC(=O)CCNC(=O)[C@H](CNC(=O)OC(C)(C)C)N2C(=O)C=CC2=O)c1)C(C)C. The molecule has 10 N–H and O–H groups in total. The molecule has 2 aromatic rings. The van der Waals surface area contributed by atoms with Gasteiger partial charge < -0.3 is 85.6 Å². The largest absolute Gasteiger partial charge is 0.485 e. The number of aliphatic hydroxyl groups is 4. The zero-order chi connectivity index (χ0) is 74.1. The van der Waals surface area contributed by atoms with Crippen LogP contribution in [0, 0.1) is 29.6 Å². The van der Waals surface area contributed by atoms with E-state index in [-0.39, 0.29) is 41.2 Å². The van der Waals surface area contributed by atoms with Gasteiger partial charge in [0, 0.05) is 66.4 Å². The predicted molar refractivity (Wildman–Crippen MR) is 358 cm³/mol. The first kappa shape index (κ1) is 81.4. The Labute approximate surface area is 578 Å². The van der Waals surface area contributed by atoms with E-state index in [4.69, 9.17) is 23.7 Å². The van der Waals surface area contributed by atoms with Gasteiger partial charge in [0.05, 0.1) is 73.0 Å². The molecule has 3 aliphatic rings. The minimum atomic E-state index is -1.95. The Kier molecular flexibility index (Phi) is 30.2. The predicted octanol–water partition coefficient (Wildman–Crippen LogP) is 2.78. The maximum absolute atomic E-state index is 14.9. The van der Waals surface area contributed by atoms with E-state index in [1.54, 1.807) is 98.5 Å². The number of hydrogen-bond donors (Lipinski definition) is 10. The number of aliphatic carboxylic acids is 1. The molecule has 550 valence electrons. The van der Waals surface area contributed by atoms with Crippen LogP contribution < -0.4 is 31.3 Å². The second-order valence-corrected chi connectivity index (χ2v) is 27.3. The number of alkyl carbamates (subject to hydrolysis) is 1. The van der Waals surface area contributed by atoms with E-state index in [0.717, 1.165) is 17.1 Å². The molecule has 1 unspecified atom stereocenters. The van der Waals surface area contributed by atoms with Gasteiger partial charge in [-0.3, -0.25) is 53.0 Å². The molecule has 0 aromatic heterocycles. The van der Waals surface area contributed by atoms with Gasteiger partial charge in [-0.05, 0) is 81.5 Å². The molecule has 16 atom stereocenters. The Morgan fingerprint density at radius 2 is 1.42 bits per heavy atom. The van der Waals surface area contributed by atoms with Gasteiger partial charge in [0.1, 0.15) is 54.4 Å². The van der Waals surface area contributed by atoms with E-state index >= 15 is 0 Å². The van der Waals surface area contributed by atoms with Crippen molar-refractivity contribution in [3.63, 3.8) is 0 Å². The highest BCUT2D eigenvalue weighted by atomic mass is 16.6. The minimum absolute atomic E-state index is 0.140. The average molecular weight is 1390 g/mol. The number of likely N-dealkylation sites (tertiary alicyclic amines) is 1. The molecule has 1 saturated carbocycles. The molecule has 0 spiro atoms. The first-order valence-electron chi connectivity index (χ1n) is 33.5. The lowest BCUT2D eigenvalue weighted by molar-refractivity contribution is -0.174. The lowest BCUT2D eigenvalue weighted by atomic mass is 9.80. The average Bonchev–Trinajstić information content (AvgIpc) is 1.71. The number of nitrogens with zero attached hydrogens (tertiary/aromatic N) is 4. The van der Waals surface area contributed by atoms with Crippen molar-refractivity contribution in [1.82, 2.24) is 40.9 Å². The van der Waals surface area contributed by atoms with Crippen molar-refractivity contribution in [3.8, 4) is 5.75 Å². The normalized spacial score (nSPS) is 21.6. The van der Waals surface area contributed by atoms with E-state index in [0.29, 0.717) is 36.3 Å². The Bertz CT molecular complexity index is 3160. The molecule has 2 aromatic carbocycles. The number of rotatable bonds is 33. The summed E-state index contributed by atoms with van der Waals surface area (Å²) in [5, 5.41) is 66.0. The van der Waals surface area contributed by atoms with Gasteiger partial charge in [-0.2, -0.15) is 0 Å². The van der Waals surface area contributed by atoms with Crippen molar-refractivity contribution in [1.29, 1.82) is 0 Å². The molecule has 30 nitrogen and oxygen atoms in total. The summed E-state index contributed by atoms with van der Waals surface area (Å²) in [5.41, 5.74) is -0.218. The summed E-state index contributed by atoms with van der Waals surface area (Å²) in [4.78, 5) is 154. The summed E-state index contributed by atoms with van der Waals surface area (Å²) in [5.74, 6) is -10.5. The van der Waals surface area contributed by atoms with Crippen LogP contribution in [0.15, 0.2) is 60.7 Å². The summed E-state index contributed by atoms with van der Waals surface area (Å²) < 4.78 is 29.0. The van der Waals surface area contributed by atoms with Crippen LogP contribution in [0.2, 0.25) is 0 Å². The first-order chi connectivity index (χ1) is 46.5. The Balaban J connectivity index is 1.29. The van der Waals surface area contributed by atoms with Gasteiger partial charge in [-0.1, -0.05) is 91.3 Å². The second-order valence-electron chi connectivity index (χ2n) is 27.3. The van der Waals surface area contributed by atoms with Crippen molar-refractivity contribution in [2.24, 2.45) is 29.6 Å². The van der Waals surface area contributed by atoms with Gasteiger partial charge in [-0.15, -0.1) is 0 Å². The van der Waals surface area contributed by atoms with Crippen LogP contribution in [-0.2, 0) is 68.7 Å². The fourth-order valence-corrected chi connectivity index (χ4v) is 12.7. The number of carbonyl (C=O) groups is 11. The van der Waals surface area contributed by atoms with E-state index < -0.39 is 194 Å². The number of carboxylic acids is 1. The molecular formula is C69H103N9O21. The van der Waals surface area contributed by atoms with Crippen molar-refractivity contribution >= 4 is 71.1 Å². The lowest BCUT2D eigenvalue weighted by Crippen LogP contribution is -2.60. The van der Waals surface area contributed by atoms with Gasteiger partial charge in [0.2, 0.25) is 35.4 Å². The third-order valence-electron chi connectivity index (χ3n) is 18.3. The van der Waals surface area contributed by atoms with Gasteiger partial charge >= 0.3 is 18.2 Å². The van der Waals surface area contributed by atoms with Gasteiger partial charge in [-0.25, -0.2) is 9.59 Å². The minimum Gasteiger partial charge on any atom is -0.485 e. The van der Waals surface area contributed by atoms with Crippen LogP contribution in [0.25, 0.3) is 0 Å². The molecule has 30 heteroatoms. The molecule has 2 fully saturated rings. The standard InChI is InChI=1S/C69H103N9O21/c1-16-38(6)56(48(95-14)33-53(82)77-30-20-23-45(77)61(96-15)39(7)62(87)72-40(8)57(83)42-21-18-17-19-22-42)75(12)65(90)54(36(2)3)74-64(89)55(37(4)5)76(13)68(94)97-35-41-24-25-47(98-49-32-43(66(91)92)58(84)60(86)59(49)85)44(31-41)73-50(79)28-29-70-63(88)46(78-51(80)26-27-52(78)81)34-71-67(93)99-69(9,10)11/h17-19,21-22,24-27,31,36-40,43,45-46,48-49,54-61,83-86H,16,20,23,28-30,32-35H2,1-15H3,(H,70,88)(H,71,93)(H,72,87)(H,73,79)(H,74,89)(H,91,92)/t38-,39+,40+,43-,45-,46-,48+,49+,54?,55-,56-,57+,58+,59-,60-,61+/m0/s1. The fraction of sp³-hybridized carbons (Fsp3) is 0.638. The third kappa shape index (κ3) is 21.6. The monoisotopic (exact) mass is 1390 g/mol. The number of benzene rings is 2. The number of carbonyl (C=O) groups excluding carboxylic acids is 10. The first-order valence-corrected chi connectivity index (χ1v) is 33.5. The highest BCUT2D eigenvalue weighted by molar-refractivity contribution is 6.15. The number of hydrogen-bond acceptors (Lipinski definition) is 20. The van der Waals surface area contributed by atoms with Crippen LogP contribution in [0.5, 0.6) is 5.75 Å². The van der Waals surface area contributed by atoms with Crippen LogP contribution in [0.4, 0.5) is 15.3 Å². The maximum atomic E-state index is 14.9. The topological polar surface area (TPSA) is 408 Å². The Morgan fingerprint density at radius 1 is 0.778 bits per heavy atom. The molecule has 5 rings (SSSR count). The Morgan fingerprint density at radius 3 is 2.00 bits per heavy atom. The number of methoxy groups -OCH3 is 2. The van der Waals surface area contributed by atoms with Crippen molar-refractivity contribution in [2.75, 3.05) is 53.3 Å². The molecule has 2 aliphatic heterocycles. The summed E-state index contributed by atoms with van der Waals surface area (Å²) >= 11 is 0. The Hall–Kier alpha value is -8.29. The number of amides is 10. The number of ether oxygens (including phenoxy) is 5. The molecule has 2 heterocycles. The van der Waals surface area contributed by atoms with Gasteiger partial charge in [0.15, 0.2) is 0 Å².